The lowest BCUT2D eigenvalue weighted by molar-refractivity contribution is 0.284. The fraction of sp³-hybridized carbons (Fsp3) is 0.467. The van der Waals surface area contributed by atoms with E-state index in [0.29, 0.717) is 31.6 Å². The van der Waals surface area contributed by atoms with Gasteiger partial charge in [-0.2, -0.15) is 0 Å². The van der Waals surface area contributed by atoms with Gasteiger partial charge in [-0.25, -0.2) is 8.42 Å². The highest BCUT2D eigenvalue weighted by Gasteiger charge is 2.24. The van der Waals surface area contributed by atoms with Crippen LogP contribution in [0.4, 0.5) is 0 Å². The first-order valence-electron chi connectivity index (χ1n) is 7.42. The minimum atomic E-state index is -3.46. The van der Waals surface area contributed by atoms with E-state index in [0.717, 1.165) is 5.56 Å². The van der Waals surface area contributed by atoms with Crippen molar-refractivity contribution in [2.75, 3.05) is 12.4 Å². The Balaban J connectivity index is 2.27. The Kier molecular flexibility index (Phi) is 5.68. The largest absolute Gasteiger partial charge is 0.396 e. The van der Waals surface area contributed by atoms with Crippen molar-refractivity contribution in [3.05, 3.63) is 30.3 Å². The average Bonchev–Trinajstić information content (AvgIpc) is 2.97. The monoisotopic (exact) mass is 323 g/mol. The Morgan fingerprint density at radius 3 is 2.45 bits per heavy atom. The van der Waals surface area contributed by atoms with Crippen molar-refractivity contribution in [1.29, 1.82) is 0 Å². The van der Waals surface area contributed by atoms with Crippen LogP contribution in [0.2, 0.25) is 0 Å². The van der Waals surface area contributed by atoms with Crippen molar-refractivity contribution in [2.24, 2.45) is 0 Å². The maximum absolute atomic E-state index is 12.4. The van der Waals surface area contributed by atoms with Gasteiger partial charge in [-0.1, -0.05) is 36.8 Å². The number of unbranched alkanes of at least 4 members (excludes halogenated alkanes) is 2. The first-order chi connectivity index (χ1) is 10.6. The third-order valence-electron chi connectivity index (χ3n) is 3.41. The second-order valence-electron chi connectivity index (χ2n) is 5.02. The van der Waals surface area contributed by atoms with Gasteiger partial charge in [-0.05, 0) is 19.8 Å². The summed E-state index contributed by atoms with van der Waals surface area (Å²) in [6.45, 7) is 2.45. The van der Waals surface area contributed by atoms with E-state index in [1.165, 1.54) is 0 Å². The Hall–Kier alpha value is -1.73. The number of benzene rings is 1. The predicted octanol–water partition coefficient (Wildman–Crippen LogP) is 1.90. The van der Waals surface area contributed by atoms with E-state index >= 15 is 0 Å². The van der Waals surface area contributed by atoms with Crippen molar-refractivity contribution < 1.29 is 13.5 Å². The molecule has 2 rings (SSSR count). The molecule has 1 aromatic heterocycles. The molecule has 1 heterocycles. The summed E-state index contributed by atoms with van der Waals surface area (Å²) in [6.07, 6.45) is 1.81. The third-order valence-corrected chi connectivity index (χ3v) is 5.10. The minimum Gasteiger partial charge on any atom is -0.396 e. The second kappa shape index (κ2) is 7.51. The summed E-state index contributed by atoms with van der Waals surface area (Å²) in [7, 11) is -3.46. The minimum absolute atomic E-state index is 0.0258. The first-order valence-corrected chi connectivity index (χ1v) is 9.07. The van der Waals surface area contributed by atoms with Crippen molar-refractivity contribution in [3.63, 3.8) is 0 Å². The van der Waals surface area contributed by atoms with Crippen LogP contribution in [0.5, 0.6) is 0 Å². The van der Waals surface area contributed by atoms with Crippen LogP contribution in [0.25, 0.3) is 11.4 Å². The maximum Gasteiger partial charge on any atom is 0.249 e. The molecule has 0 radical (unpaired) electrons. The van der Waals surface area contributed by atoms with Crippen LogP contribution in [0.1, 0.15) is 26.2 Å². The van der Waals surface area contributed by atoms with Crippen LogP contribution in [-0.4, -0.2) is 40.6 Å². The lowest BCUT2D eigenvalue weighted by Crippen LogP contribution is -2.14. The SMILES string of the molecule is CCn1c(-c2ccccc2)nnc1S(=O)(=O)CCCCCO. The smallest absolute Gasteiger partial charge is 0.249 e. The van der Waals surface area contributed by atoms with E-state index in [9.17, 15) is 8.42 Å². The molecular formula is C15H21N3O3S. The van der Waals surface area contributed by atoms with Crippen molar-refractivity contribution >= 4 is 9.84 Å². The van der Waals surface area contributed by atoms with Crippen LogP contribution in [-0.2, 0) is 16.4 Å². The molecule has 0 saturated heterocycles. The predicted molar refractivity (Wildman–Crippen MR) is 84.1 cm³/mol. The zero-order valence-corrected chi connectivity index (χ0v) is 13.5. The molecule has 1 aromatic carbocycles. The summed E-state index contributed by atoms with van der Waals surface area (Å²) in [5, 5.41) is 16.7. The van der Waals surface area contributed by atoms with Crippen LogP contribution in [0.15, 0.2) is 35.5 Å². The van der Waals surface area contributed by atoms with Gasteiger partial charge in [0.15, 0.2) is 5.82 Å². The number of sulfone groups is 1. The summed E-state index contributed by atoms with van der Waals surface area (Å²) >= 11 is 0. The Bertz CT molecular complexity index is 696. The molecule has 22 heavy (non-hydrogen) atoms. The summed E-state index contributed by atoms with van der Waals surface area (Å²) in [5.41, 5.74) is 0.846. The standard InChI is InChI=1S/C15H21N3O3S/c1-2-18-14(13-9-5-3-6-10-13)16-17-15(18)22(20,21)12-8-4-7-11-19/h3,5-6,9-10,19H,2,4,7-8,11-12H2,1H3. The summed E-state index contributed by atoms with van der Waals surface area (Å²) in [6, 6.07) is 9.43. The van der Waals surface area contributed by atoms with Gasteiger partial charge in [-0.3, -0.25) is 4.57 Å². The van der Waals surface area contributed by atoms with E-state index < -0.39 is 9.84 Å². The summed E-state index contributed by atoms with van der Waals surface area (Å²) in [4.78, 5) is 0. The first kappa shape index (κ1) is 16.6. The highest BCUT2D eigenvalue weighted by Crippen LogP contribution is 2.21. The van der Waals surface area contributed by atoms with Gasteiger partial charge in [0.05, 0.1) is 5.75 Å². The number of hydrogen-bond acceptors (Lipinski definition) is 5. The highest BCUT2D eigenvalue weighted by atomic mass is 32.2. The molecular weight excluding hydrogens is 302 g/mol. The van der Waals surface area contributed by atoms with Gasteiger partial charge in [-0.15, -0.1) is 10.2 Å². The Labute approximate surface area is 130 Å². The van der Waals surface area contributed by atoms with E-state index in [1.807, 2.05) is 37.3 Å². The van der Waals surface area contributed by atoms with Crippen molar-refractivity contribution in [1.82, 2.24) is 14.8 Å². The third kappa shape index (κ3) is 3.72. The molecule has 0 spiro atoms. The molecule has 7 heteroatoms. The van der Waals surface area contributed by atoms with Gasteiger partial charge in [0.25, 0.3) is 0 Å². The van der Waals surface area contributed by atoms with Crippen molar-refractivity contribution in [2.45, 2.75) is 37.9 Å². The fourth-order valence-corrected chi connectivity index (χ4v) is 3.76. The zero-order valence-electron chi connectivity index (χ0n) is 12.6. The topological polar surface area (TPSA) is 85.1 Å². The van der Waals surface area contributed by atoms with Crippen molar-refractivity contribution in [3.8, 4) is 11.4 Å². The molecule has 0 unspecified atom stereocenters. The van der Waals surface area contributed by atoms with Gasteiger partial charge < -0.3 is 5.11 Å². The van der Waals surface area contributed by atoms with Crippen LogP contribution < -0.4 is 0 Å². The molecule has 2 aromatic rings. The van der Waals surface area contributed by atoms with Crippen LogP contribution >= 0.6 is 0 Å². The fourth-order valence-electron chi connectivity index (χ4n) is 2.28. The summed E-state index contributed by atoms with van der Waals surface area (Å²) < 4.78 is 26.5. The molecule has 0 amide bonds. The van der Waals surface area contributed by atoms with Gasteiger partial charge in [0, 0.05) is 18.7 Å². The Morgan fingerprint density at radius 2 is 1.82 bits per heavy atom. The normalized spacial score (nSPS) is 11.7. The van der Waals surface area contributed by atoms with E-state index in [2.05, 4.69) is 10.2 Å². The quantitative estimate of drug-likeness (QED) is 0.750. The molecule has 0 fully saturated rings. The van der Waals surface area contributed by atoms with E-state index in [4.69, 9.17) is 5.11 Å². The van der Waals surface area contributed by atoms with Crippen LogP contribution in [0.3, 0.4) is 0 Å². The number of nitrogens with zero attached hydrogens (tertiary/aromatic N) is 3. The molecule has 0 aliphatic carbocycles. The molecule has 0 saturated carbocycles. The Morgan fingerprint density at radius 1 is 1.09 bits per heavy atom. The second-order valence-corrected chi connectivity index (χ2v) is 7.02. The number of aliphatic hydroxyl groups is 1. The molecule has 0 atom stereocenters. The number of rotatable bonds is 8. The van der Waals surface area contributed by atoms with Gasteiger partial charge >= 0.3 is 0 Å². The lowest BCUT2D eigenvalue weighted by atomic mass is 10.2. The van der Waals surface area contributed by atoms with Gasteiger partial charge in [0.1, 0.15) is 0 Å². The van der Waals surface area contributed by atoms with E-state index in [-0.39, 0.29) is 17.5 Å². The number of aromatic nitrogens is 3. The average molecular weight is 323 g/mol. The molecule has 0 bridgehead atoms. The molecule has 6 nitrogen and oxygen atoms in total. The highest BCUT2D eigenvalue weighted by molar-refractivity contribution is 7.91. The van der Waals surface area contributed by atoms with E-state index in [1.54, 1.807) is 4.57 Å². The summed E-state index contributed by atoms with van der Waals surface area (Å²) in [5.74, 6) is 0.594. The van der Waals surface area contributed by atoms with Gasteiger partial charge in [0.2, 0.25) is 15.0 Å². The number of hydrogen-bond donors (Lipinski definition) is 1. The molecule has 0 aliphatic rings. The number of aliphatic hydroxyl groups excluding tert-OH is 1. The lowest BCUT2D eigenvalue weighted by Gasteiger charge is -2.08. The molecule has 0 aliphatic heterocycles. The zero-order chi connectivity index (χ0) is 16.0. The molecule has 1 N–H and O–H groups in total. The van der Waals surface area contributed by atoms with Crippen LogP contribution in [0, 0.1) is 0 Å². The maximum atomic E-state index is 12.4. The molecule has 120 valence electrons.